The van der Waals surface area contributed by atoms with Crippen LogP contribution in [0.25, 0.3) is 11.4 Å². The summed E-state index contributed by atoms with van der Waals surface area (Å²) in [5, 5.41) is 28.2. The topological polar surface area (TPSA) is 127 Å². The van der Waals surface area contributed by atoms with E-state index in [0.717, 1.165) is 11.1 Å². The number of thiazole rings is 1. The third-order valence-corrected chi connectivity index (χ3v) is 3.87. The van der Waals surface area contributed by atoms with E-state index in [0.29, 0.717) is 11.5 Å². The number of carbonyl (C=O) groups is 1. The second-order valence-electron chi connectivity index (χ2n) is 4.80. The molecule has 10 nitrogen and oxygen atoms in total. The molecule has 0 unspecified atom stereocenters. The molecule has 3 aromatic rings. The van der Waals surface area contributed by atoms with Crippen LogP contribution in [0.3, 0.4) is 0 Å². The Labute approximate surface area is 145 Å². The third-order valence-electron chi connectivity index (χ3n) is 3.07. The monoisotopic (exact) mass is 359 g/mol. The Bertz CT molecular complexity index is 905. The highest BCUT2D eigenvalue weighted by Gasteiger charge is 2.09. The second-order valence-corrected chi connectivity index (χ2v) is 5.65. The van der Waals surface area contributed by atoms with E-state index in [-0.39, 0.29) is 11.7 Å². The van der Waals surface area contributed by atoms with E-state index < -0.39 is 6.09 Å². The molecule has 0 fully saturated rings. The van der Waals surface area contributed by atoms with Crippen LogP contribution >= 0.6 is 11.3 Å². The Balaban J connectivity index is 1.64. The van der Waals surface area contributed by atoms with Gasteiger partial charge in [-0.25, -0.2) is 14.5 Å². The van der Waals surface area contributed by atoms with Crippen molar-refractivity contribution in [1.29, 1.82) is 0 Å². The number of benzene rings is 1. The summed E-state index contributed by atoms with van der Waals surface area (Å²) in [6.07, 6.45) is 0.405. The van der Waals surface area contributed by atoms with Gasteiger partial charge in [0, 0.05) is 23.6 Å². The zero-order valence-corrected chi connectivity index (χ0v) is 13.8. The first-order valence-electron chi connectivity index (χ1n) is 7.05. The predicted molar refractivity (Wildman–Crippen MR) is 90.4 cm³/mol. The summed E-state index contributed by atoms with van der Waals surface area (Å²) >= 11 is 1.17. The largest absolute Gasteiger partial charge is 0.465 e. The maximum absolute atomic E-state index is 10.5. The minimum Gasteiger partial charge on any atom is -0.465 e. The van der Waals surface area contributed by atoms with E-state index >= 15 is 0 Å². The number of anilines is 1. The Hall–Kier alpha value is -3.34. The average molecular weight is 359 g/mol. The number of rotatable bonds is 6. The van der Waals surface area contributed by atoms with Crippen molar-refractivity contribution in [2.45, 2.75) is 6.61 Å². The van der Waals surface area contributed by atoms with Crippen LogP contribution in [0.15, 0.2) is 34.8 Å². The van der Waals surface area contributed by atoms with Crippen LogP contribution < -0.4 is 5.32 Å². The van der Waals surface area contributed by atoms with Gasteiger partial charge in [0.05, 0.1) is 11.9 Å². The predicted octanol–water partition coefficient (Wildman–Crippen LogP) is 1.97. The number of hydrogen-bond donors (Lipinski definition) is 2. The fourth-order valence-corrected chi connectivity index (χ4v) is 2.68. The maximum atomic E-state index is 10.5. The highest BCUT2D eigenvalue weighted by molar-refractivity contribution is 7.13. The van der Waals surface area contributed by atoms with E-state index in [1.165, 1.54) is 11.3 Å². The molecule has 0 aliphatic carbocycles. The van der Waals surface area contributed by atoms with Crippen molar-refractivity contribution in [3.05, 3.63) is 40.9 Å². The first kappa shape index (κ1) is 16.5. The van der Waals surface area contributed by atoms with Crippen molar-refractivity contribution in [1.82, 2.24) is 25.2 Å². The molecule has 11 heteroatoms. The molecule has 1 aromatic carbocycles. The molecule has 3 rings (SSSR count). The van der Waals surface area contributed by atoms with Gasteiger partial charge < -0.3 is 9.94 Å². The Morgan fingerprint density at radius 1 is 1.48 bits per heavy atom. The molecule has 0 aliphatic rings. The van der Waals surface area contributed by atoms with Crippen molar-refractivity contribution >= 4 is 28.8 Å². The van der Waals surface area contributed by atoms with Crippen LogP contribution in [0.2, 0.25) is 0 Å². The van der Waals surface area contributed by atoms with Crippen molar-refractivity contribution in [2.24, 2.45) is 12.2 Å². The van der Waals surface area contributed by atoms with Crippen LogP contribution in [0, 0.1) is 0 Å². The summed E-state index contributed by atoms with van der Waals surface area (Å²) in [4.78, 5) is 19.8. The summed E-state index contributed by atoms with van der Waals surface area (Å²) in [5.74, 6) is 0.617. The van der Waals surface area contributed by atoms with Gasteiger partial charge in [0.15, 0.2) is 17.6 Å². The number of amides is 1. The summed E-state index contributed by atoms with van der Waals surface area (Å²) < 4.78 is 1.57. The van der Waals surface area contributed by atoms with Crippen molar-refractivity contribution in [3.8, 4) is 11.4 Å². The molecule has 2 heterocycles. The SMILES string of the molecule is Cn1nnnc1-c1ccccc1C=NOCc1csc(NC(=O)O)n1. The van der Waals surface area contributed by atoms with Crippen LogP contribution in [0.4, 0.5) is 9.93 Å². The van der Waals surface area contributed by atoms with Gasteiger partial charge in [-0.1, -0.05) is 29.4 Å². The average Bonchev–Trinajstić information content (AvgIpc) is 3.20. The normalized spacial score (nSPS) is 10.9. The number of aromatic nitrogens is 5. The molecule has 0 saturated carbocycles. The van der Waals surface area contributed by atoms with Crippen LogP contribution in [-0.4, -0.2) is 42.6 Å². The van der Waals surface area contributed by atoms with Crippen LogP contribution in [-0.2, 0) is 18.5 Å². The van der Waals surface area contributed by atoms with Gasteiger partial charge in [-0.15, -0.1) is 16.4 Å². The van der Waals surface area contributed by atoms with Gasteiger partial charge in [-0.2, -0.15) is 0 Å². The molecular weight excluding hydrogens is 346 g/mol. The molecular formula is C14H13N7O3S. The molecule has 2 aromatic heterocycles. The standard InChI is InChI=1S/C14H13N7O3S/c1-21-12(18-19-20-21)11-5-3-2-4-9(11)6-15-24-7-10-8-25-13(16-10)17-14(22)23/h2-6,8H,7H2,1H3,(H,16,17)(H,22,23). The molecule has 25 heavy (non-hydrogen) atoms. The molecule has 1 amide bonds. The minimum atomic E-state index is -1.16. The van der Waals surface area contributed by atoms with Crippen molar-refractivity contribution in [2.75, 3.05) is 5.32 Å². The van der Waals surface area contributed by atoms with Gasteiger partial charge in [-0.05, 0) is 10.4 Å². The number of aryl methyl sites for hydroxylation is 1. The number of tetrazole rings is 1. The van der Waals surface area contributed by atoms with E-state index in [2.05, 4.69) is 31.0 Å². The molecule has 128 valence electrons. The Morgan fingerprint density at radius 2 is 2.32 bits per heavy atom. The molecule has 0 radical (unpaired) electrons. The lowest BCUT2D eigenvalue weighted by molar-refractivity contribution is 0.130. The molecule has 0 saturated heterocycles. The van der Waals surface area contributed by atoms with E-state index in [1.807, 2.05) is 24.3 Å². The van der Waals surface area contributed by atoms with Crippen molar-refractivity contribution in [3.63, 3.8) is 0 Å². The third kappa shape index (κ3) is 4.14. The lowest BCUT2D eigenvalue weighted by atomic mass is 10.1. The van der Waals surface area contributed by atoms with E-state index in [9.17, 15) is 4.79 Å². The van der Waals surface area contributed by atoms with Gasteiger partial charge in [0.25, 0.3) is 0 Å². The Morgan fingerprint density at radius 3 is 3.08 bits per heavy atom. The van der Waals surface area contributed by atoms with Gasteiger partial charge >= 0.3 is 6.09 Å². The minimum absolute atomic E-state index is 0.127. The number of nitrogens with zero attached hydrogens (tertiary/aromatic N) is 6. The fraction of sp³-hybridized carbons (Fsp3) is 0.143. The van der Waals surface area contributed by atoms with E-state index in [4.69, 9.17) is 9.94 Å². The molecule has 0 spiro atoms. The highest BCUT2D eigenvalue weighted by Crippen LogP contribution is 2.19. The smallest absolute Gasteiger partial charge is 0.410 e. The number of oxime groups is 1. The van der Waals surface area contributed by atoms with Crippen LogP contribution in [0.5, 0.6) is 0 Å². The molecule has 2 N–H and O–H groups in total. The summed E-state index contributed by atoms with van der Waals surface area (Å²) in [5.41, 5.74) is 2.20. The van der Waals surface area contributed by atoms with Gasteiger partial charge in [0.1, 0.15) is 0 Å². The number of nitrogens with one attached hydrogen (secondary N) is 1. The second kappa shape index (κ2) is 7.49. The quantitative estimate of drug-likeness (QED) is 0.509. The summed E-state index contributed by atoms with van der Waals surface area (Å²) in [7, 11) is 1.75. The first-order valence-corrected chi connectivity index (χ1v) is 7.93. The van der Waals surface area contributed by atoms with Gasteiger partial charge in [-0.3, -0.25) is 5.32 Å². The maximum Gasteiger partial charge on any atom is 0.410 e. The number of hydrogen-bond acceptors (Lipinski definition) is 8. The lowest BCUT2D eigenvalue weighted by Gasteiger charge is -2.03. The fourth-order valence-electron chi connectivity index (χ4n) is 1.99. The van der Waals surface area contributed by atoms with Crippen molar-refractivity contribution < 1.29 is 14.7 Å². The molecule has 0 aliphatic heterocycles. The van der Waals surface area contributed by atoms with Gasteiger partial charge in [0.2, 0.25) is 0 Å². The zero-order valence-electron chi connectivity index (χ0n) is 13.0. The summed E-state index contributed by atoms with van der Waals surface area (Å²) in [6, 6.07) is 7.51. The Kier molecular flexibility index (Phi) is 4.95. The molecule has 0 atom stereocenters. The van der Waals surface area contributed by atoms with Crippen LogP contribution in [0.1, 0.15) is 11.3 Å². The van der Waals surface area contributed by atoms with E-state index in [1.54, 1.807) is 23.3 Å². The lowest BCUT2D eigenvalue weighted by Crippen LogP contribution is -2.06. The highest BCUT2D eigenvalue weighted by atomic mass is 32.1. The summed E-state index contributed by atoms with van der Waals surface area (Å²) in [6.45, 7) is 0.127. The number of carboxylic acid groups (broad SMARTS) is 1. The zero-order chi connectivity index (χ0) is 17.6. The molecule has 0 bridgehead atoms. The first-order chi connectivity index (χ1) is 12.1.